The standard InChI is InChI=1S/C19H29N5O4S/c1-13-8-14(27-16-9-15(26-5)21-11-22-16)10-24(13)12-29-7-6-20-17(29)23-18(25)28-19(2,3)4/h6-7,9,11,13-14,29H,8,10,12H2,1-5H3,(H,20,23,25)/t13-,14+/m0/s1/i6D. The highest BCUT2D eigenvalue weighted by Crippen LogP contribution is 2.36. The van der Waals surface area contributed by atoms with Crippen LogP contribution in [0.4, 0.5) is 4.79 Å². The van der Waals surface area contributed by atoms with Crippen molar-refractivity contribution in [3.63, 3.8) is 0 Å². The Kier molecular flexibility index (Phi) is 6.19. The lowest BCUT2D eigenvalue weighted by atomic mass is 10.2. The number of hydrogen-bond acceptors (Lipinski definition) is 8. The molecule has 0 bridgehead atoms. The second kappa shape index (κ2) is 9.00. The minimum Gasteiger partial charge on any atom is -0.481 e. The number of aromatic nitrogens is 2. The Hall–Kier alpha value is -2.33. The highest BCUT2D eigenvalue weighted by Gasteiger charge is 2.33. The van der Waals surface area contributed by atoms with Crippen LogP contribution in [0.1, 0.15) is 35.5 Å². The van der Waals surface area contributed by atoms with Crippen molar-refractivity contribution in [3.8, 4) is 11.8 Å². The van der Waals surface area contributed by atoms with E-state index in [2.05, 4.69) is 32.1 Å². The van der Waals surface area contributed by atoms with E-state index in [1.165, 1.54) is 6.33 Å². The van der Waals surface area contributed by atoms with Crippen molar-refractivity contribution in [2.75, 3.05) is 19.5 Å². The van der Waals surface area contributed by atoms with Gasteiger partial charge in [-0.1, -0.05) is 0 Å². The van der Waals surface area contributed by atoms with Crippen molar-refractivity contribution in [1.82, 2.24) is 20.2 Å². The minimum absolute atomic E-state index is 0.0177. The molecule has 1 unspecified atom stereocenters. The molecule has 0 radical (unpaired) electrons. The third-order valence-electron chi connectivity index (χ3n) is 4.38. The molecule has 1 saturated heterocycles. The molecule has 2 aliphatic rings. The number of methoxy groups -OCH3 is 1. The predicted octanol–water partition coefficient (Wildman–Crippen LogP) is 2.65. The number of thiol groups is 1. The van der Waals surface area contributed by atoms with Gasteiger partial charge in [0, 0.05) is 31.1 Å². The van der Waals surface area contributed by atoms with Crippen LogP contribution in [0.15, 0.2) is 29.0 Å². The second-order valence-corrected chi connectivity index (χ2v) is 9.83. The van der Waals surface area contributed by atoms with E-state index in [9.17, 15) is 4.79 Å². The number of amides is 1. The van der Waals surface area contributed by atoms with Gasteiger partial charge in [-0.25, -0.2) is 19.8 Å². The van der Waals surface area contributed by atoms with Crippen LogP contribution in [-0.2, 0) is 4.74 Å². The molecule has 0 aliphatic carbocycles. The number of hydrogen-bond donors (Lipinski definition) is 2. The lowest BCUT2D eigenvalue weighted by molar-refractivity contribution is 0.0564. The molecule has 10 heteroatoms. The zero-order chi connectivity index (χ0) is 21.9. The zero-order valence-corrected chi connectivity index (χ0v) is 18.3. The molecule has 1 aromatic heterocycles. The van der Waals surface area contributed by atoms with E-state index in [-0.39, 0.29) is 18.3 Å². The third kappa shape index (κ3) is 6.07. The first-order chi connectivity index (χ1) is 14.1. The van der Waals surface area contributed by atoms with Gasteiger partial charge in [-0.2, -0.15) is 10.9 Å². The van der Waals surface area contributed by atoms with Crippen LogP contribution in [0.25, 0.3) is 0 Å². The van der Waals surface area contributed by atoms with Gasteiger partial charge in [0.1, 0.15) is 18.0 Å². The van der Waals surface area contributed by atoms with Crippen LogP contribution in [0.5, 0.6) is 11.8 Å². The van der Waals surface area contributed by atoms with E-state index in [1.54, 1.807) is 39.4 Å². The number of rotatable bonds is 5. The lowest BCUT2D eigenvalue weighted by Crippen LogP contribution is -2.37. The number of alkyl carbamates (subject to hydrolysis) is 1. The summed E-state index contributed by atoms with van der Waals surface area (Å²) in [6.07, 6.45) is 1.86. The van der Waals surface area contributed by atoms with Crippen LogP contribution >= 0.6 is 10.9 Å². The summed E-state index contributed by atoms with van der Waals surface area (Å²) in [5.41, 5.74) is -0.596. The fraction of sp³-hybridized carbons (Fsp3) is 0.579. The van der Waals surface area contributed by atoms with Crippen molar-refractivity contribution >= 4 is 22.2 Å². The van der Waals surface area contributed by atoms with Gasteiger partial charge < -0.3 is 14.2 Å². The van der Waals surface area contributed by atoms with Gasteiger partial charge in [-0.3, -0.25) is 10.2 Å². The molecule has 29 heavy (non-hydrogen) atoms. The normalized spacial score (nSPS) is 26.4. The number of nitrogens with one attached hydrogen (secondary N) is 1. The first-order valence-corrected chi connectivity index (χ1v) is 11.0. The maximum absolute atomic E-state index is 12.1. The van der Waals surface area contributed by atoms with Gasteiger partial charge in [0.15, 0.2) is 5.17 Å². The molecular formula is C19H29N5O4S. The fourth-order valence-corrected chi connectivity index (χ4v) is 4.82. The Morgan fingerprint density at radius 2 is 2.17 bits per heavy atom. The van der Waals surface area contributed by atoms with Crippen molar-refractivity contribution in [1.29, 1.82) is 0 Å². The van der Waals surface area contributed by atoms with E-state index < -0.39 is 22.6 Å². The molecule has 1 aromatic rings. The number of amidine groups is 1. The molecule has 1 amide bonds. The summed E-state index contributed by atoms with van der Waals surface area (Å²) in [6.45, 7) is 8.27. The highest BCUT2D eigenvalue weighted by atomic mass is 32.2. The Balaban J connectivity index is 1.58. The maximum Gasteiger partial charge on any atom is 0.413 e. The Bertz CT molecular complexity index is 844. The Labute approximate surface area is 175 Å². The zero-order valence-electron chi connectivity index (χ0n) is 18.4. The van der Waals surface area contributed by atoms with Gasteiger partial charge in [-0.15, -0.1) is 0 Å². The quantitative estimate of drug-likeness (QED) is 0.701. The predicted molar refractivity (Wildman–Crippen MR) is 114 cm³/mol. The number of likely N-dealkylation sites (tertiary alicyclic amines) is 1. The summed E-state index contributed by atoms with van der Waals surface area (Å²) in [5.74, 6) is 1.62. The van der Waals surface area contributed by atoms with Gasteiger partial charge in [0.05, 0.1) is 14.5 Å². The SMILES string of the molecule is [2H]C1=C[SH](CN2C[C@H](Oc3cc(OC)ncn3)C[C@@H]2C)C(NC(=O)OC(C)(C)C)=N1. The minimum atomic E-state index is -0.932. The molecule has 0 saturated carbocycles. The van der Waals surface area contributed by atoms with E-state index in [0.29, 0.717) is 29.3 Å². The van der Waals surface area contributed by atoms with E-state index in [0.717, 1.165) is 6.42 Å². The monoisotopic (exact) mass is 424 g/mol. The van der Waals surface area contributed by atoms with Crippen molar-refractivity contribution in [3.05, 3.63) is 24.0 Å². The second-order valence-electron chi connectivity index (χ2n) is 7.93. The molecule has 3 atom stereocenters. The first-order valence-electron chi connectivity index (χ1n) is 9.93. The third-order valence-corrected chi connectivity index (χ3v) is 6.23. The molecular weight excluding hydrogens is 394 g/mol. The van der Waals surface area contributed by atoms with E-state index >= 15 is 0 Å². The van der Waals surface area contributed by atoms with Crippen LogP contribution in [-0.4, -0.2) is 63.4 Å². The smallest absolute Gasteiger partial charge is 0.413 e. The molecule has 0 spiro atoms. The molecule has 1 N–H and O–H groups in total. The molecule has 9 nitrogen and oxygen atoms in total. The molecule has 3 heterocycles. The van der Waals surface area contributed by atoms with Gasteiger partial charge in [0.25, 0.3) is 0 Å². The molecule has 1 fully saturated rings. The van der Waals surface area contributed by atoms with Gasteiger partial charge in [0.2, 0.25) is 11.8 Å². The maximum atomic E-state index is 12.1. The summed E-state index contributed by atoms with van der Waals surface area (Å²) < 4.78 is 24.3. The largest absolute Gasteiger partial charge is 0.481 e. The van der Waals surface area contributed by atoms with Crippen molar-refractivity contribution in [2.45, 2.75) is 51.9 Å². The number of carbonyl (C=O) groups excluding carboxylic acids is 1. The lowest BCUT2D eigenvalue weighted by Gasteiger charge is -2.27. The van der Waals surface area contributed by atoms with Crippen molar-refractivity contribution in [2.24, 2.45) is 4.99 Å². The average Bonchev–Trinajstić information content (AvgIpc) is 3.15. The van der Waals surface area contributed by atoms with Crippen LogP contribution in [0.2, 0.25) is 0 Å². The summed E-state index contributed by atoms with van der Waals surface area (Å²) in [6, 6.07) is 1.95. The Morgan fingerprint density at radius 1 is 1.41 bits per heavy atom. The molecule has 160 valence electrons. The molecule has 3 rings (SSSR count). The Morgan fingerprint density at radius 3 is 2.90 bits per heavy atom. The number of aliphatic imine (C=N–C) groups is 1. The highest BCUT2D eigenvalue weighted by molar-refractivity contribution is 8.32. The first kappa shape index (κ1) is 20.0. The molecule has 0 aromatic carbocycles. The van der Waals surface area contributed by atoms with Gasteiger partial charge in [-0.05, 0) is 33.1 Å². The van der Waals surface area contributed by atoms with Crippen LogP contribution in [0, 0.1) is 0 Å². The summed E-state index contributed by atoms with van der Waals surface area (Å²) in [4.78, 5) is 26.7. The van der Waals surface area contributed by atoms with E-state index in [1.807, 2.05) is 0 Å². The molecule has 2 aliphatic heterocycles. The van der Waals surface area contributed by atoms with Gasteiger partial charge >= 0.3 is 6.09 Å². The average molecular weight is 425 g/mol. The number of ether oxygens (including phenoxy) is 3. The fourth-order valence-electron chi connectivity index (χ4n) is 3.08. The van der Waals surface area contributed by atoms with Crippen LogP contribution in [0.3, 0.4) is 0 Å². The van der Waals surface area contributed by atoms with Crippen LogP contribution < -0.4 is 14.8 Å². The van der Waals surface area contributed by atoms with E-state index in [4.69, 9.17) is 15.6 Å². The summed E-state index contributed by atoms with van der Waals surface area (Å²) >= 11 is 0. The number of carbonyl (C=O) groups is 1. The summed E-state index contributed by atoms with van der Waals surface area (Å²) in [7, 11) is 0.617. The number of nitrogens with zero attached hydrogens (tertiary/aromatic N) is 4. The van der Waals surface area contributed by atoms with Crippen molar-refractivity contribution < 1.29 is 20.4 Å². The topological polar surface area (TPSA) is 98.2 Å². The summed E-state index contributed by atoms with van der Waals surface area (Å²) in [5, 5.41) is 5.03.